The minimum absolute atomic E-state index is 0.699. The van der Waals surface area contributed by atoms with E-state index in [1.54, 1.807) is 11.8 Å². The Labute approximate surface area is 163 Å². The molecule has 0 radical (unpaired) electrons. The first-order valence-corrected chi connectivity index (χ1v) is 9.98. The first-order valence-electron chi connectivity index (χ1n) is 8.76. The number of rotatable bonds is 4. The molecule has 132 valence electrons. The van der Waals surface area contributed by atoms with Crippen LogP contribution in [0.5, 0.6) is 0 Å². The smallest absolute Gasteiger partial charge is 0.163 e. The lowest BCUT2D eigenvalue weighted by Gasteiger charge is -2.08. The van der Waals surface area contributed by atoms with Crippen LogP contribution in [0.4, 0.5) is 0 Å². The molecule has 0 aliphatic heterocycles. The lowest BCUT2D eigenvalue weighted by Crippen LogP contribution is -1.99. The molecule has 0 saturated carbocycles. The van der Waals surface area contributed by atoms with Crippen molar-refractivity contribution in [2.24, 2.45) is 0 Å². The van der Waals surface area contributed by atoms with Gasteiger partial charge in [0, 0.05) is 16.0 Å². The fourth-order valence-corrected chi connectivity index (χ4v) is 3.43. The van der Waals surface area contributed by atoms with Crippen molar-refractivity contribution in [3.05, 3.63) is 84.7 Å². The van der Waals surface area contributed by atoms with Gasteiger partial charge in [-0.15, -0.1) is 11.8 Å². The summed E-state index contributed by atoms with van der Waals surface area (Å²) >= 11 is 1.71. The average molecular weight is 369 g/mol. The second kappa shape index (κ2) is 7.72. The van der Waals surface area contributed by atoms with E-state index in [1.165, 1.54) is 10.5 Å². The van der Waals surface area contributed by atoms with Gasteiger partial charge in [-0.25, -0.2) is 15.0 Å². The largest absolute Gasteiger partial charge is 0.213 e. The van der Waals surface area contributed by atoms with Crippen LogP contribution in [0, 0.1) is 6.92 Å². The molecule has 0 unspecified atom stereocenters. The minimum atomic E-state index is 0.699. The second-order valence-electron chi connectivity index (χ2n) is 6.21. The highest BCUT2D eigenvalue weighted by Crippen LogP contribution is 2.27. The Hall–Kier alpha value is -2.98. The molecule has 0 N–H and O–H groups in total. The highest BCUT2D eigenvalue weighted by atomic mass is 32.2. The van der Waals surface area contributed by atoms with Crippen LogP contribution in [0.25, 0.3) is 33.9 Å². The Morgan fingerprint density at radius 2 is 1.19 bits per heavy atom. The van der Waals surface area contributed by atoms with E-state index in [0.717, 1.165) is 22.5 Å². The molecule has 0 fully saturated rings. The van der Waals surface area contributed by atoms with E-state index in [4.69, 9.17) is 4.98 Å². The van der Waals surface area contributed by atoms with E-state index in [9.17, 15) is 0 Å². The zero-order chi connectivity index (χ0) is 18.6. The molecule has 0 aliphatic carbocycles. The zero-order valence-corrected chi connectivity index (χ0v) is 16.1. The third-order valence-corrected chi connectivity index (χ3v) is 5.03. The van der Waals surface area contributed by atoms with Crippen molar-refractivity contribution in [2.75, 3.05) is 6.26 Å². The first kappa shape index (κ1) is 17.4. The quantitative estimate of drug-likeness (QED) is 0.420. The molecule has 1 heterocycles. The molecule has 0 aliphatic rings. The Balaban J connectivity index is 1.78. The van der Waals surface area contributed by atoms with Crippen LogP contribution >= 0.6 is 11.8 Å². The summed E-state index contributed by atoms with van der Waals surface area (Å²) in [6, 6.07) is 26.9. The SMILES string of the molecule is CSc1cccc(-c2nc(C)nc(-c3cccc(-c4ccccc4)c3)n2)c1. The molecule has 3 nitrogen and oxygen atoms in total. The minimum Gasteiger partial charge on any atom is -0.213 e. The van der Waals surface area contributed by atoms with E-state index in [2.05, 4.69) is 52.6 Å². The standard InChI is InChI=1S/C23H19N3S/c1-16-24-22(26-23(25-16)20-12-7-13-21(15-20)27-2)19-11-6-10-18(14-19)17-8-4-3-5-9-17/h3-15H,1-2H3. The van der Waals surface area contributed by atoms with E-state index < -0.39 is 0 Å². The molecule has 4 rings (SSSR count). The molecule has 4 heteroatoms. The molecule has 1 aromatic heterocycles. The molecule has 0 bridgehead atoms. The highest BCUT2D eigenvalue weighted by Gasteiger charge is 2.10. The maximum absolute atomic E-state index is 4.75. The number of hydrogen-bond donors (Lipinski definition) is 0. The average Bonchev–Trinajstić information content (AvgIpc) is 2.74. The summed E-state index contributed by atoms with van der Waals surface area (Å²) in [7, 11) is 0. The molecular formula is C23H19N3S. The lowest BCUT2D eigenvalue weighted by molar-refractivity contribution is 0.991. The van der Waals surface area contributed by atoms with E-state index >= 15 is 0 Å². The van der Waals surface area contributed by atoms with Crippen molar-refractivity contribution in [1.29, 1.82) is 0 Å². The summed E-state index contributed by atoms with van der Waals surface area (Å²) in [4.78, 5) is 15.1. The summed E-state index contributed by atoms with van der Waals surface area (Å²) in [5.41, 5.74) is 4.33. The number of benzene rings is 3. The third kappa shape index (κ3) is 3.91. The van der Waals surface area contributed by atoms with Crippen LogP contribution in [0.1, 0.15) is 5.82 Å². The number of nitrogens with zero attached hydrogens (tertiary/aromatic N) is 3. The van der Waals surface area contributed by atoms with E-state index in [0.29, 0.717) is 11.6 Å². The molecule has 0 amide bonds. The fourth-order valence-electron chi connectivity index (χ4n) is 2.97. The van der Waals surface area contributed by atoms with Crippen LogP contribution in [0.3, 0.4) is 0 Å². The second-order valence-corrected chi connectivity index (χ2v) is 7.09. The van der Waals surface area contributed by atoms with Crippen molar-refractivity contribution in [3.63, 3.8) is 0 Å². The van der Waals surface area contributed by atoms with Gasteiger partial charge in [-0.3, -0.25) is 0 Å². The normalized spacial score (nSPS) is 10.7. The van der Waals surface area contributed by atoms with Gasteiger partial charge in [-0.2, -0.15) is 0 Å². The highest BCUT2D eigenvalue weighted by molar-refractivity contribution is 7.98. The predicted octanol–water partition coefficient (Wildman–Crippen LogP) is 5.90. The van der Waals surface area contributed by atoms with Gasteiger partial charge in [0.2, 0.25) is 0 Å². The summed E-state index contributed by atoms with van der Waals surface area (Å²) in [5.74, 6) is 2.12. The van der Waals surface area contributed by atoms with Gasteiger partial charge in [-0.05, 0) is 42.5 Å². The maximum atomic E-state index is 4.75. The van der Waals surface area contributed by atoms with Crippen molar-refractivity contribution in [3.8, 4) is 33.9 Å². The molecule has 0 saturated heterocycles. The Kier molecular flexibility index (Phi) is 4.99. The van der Waals surface area contributed by atoms with Crippen LogP contribution in [-0.4, -0.2) is 21.2 Å². The van der Waals surface area contributed by atoms with Gasteiger partial charge in [-0.1, -0.05) is 60.7 Å². The molecule has 0 atom stereocenters. The number of aromatic nitrogens is 3. The van der Waals surface area contributed by atoms with Crippen molar-refractivity contribution < 1.29 is 0 Å². The topological polar surface area (TPSA) is 38.7 Å². The maximum Gasteiger partial charge on any atom is 0.163 e. The fraction of sp³-hybridized carbons (Fsp3) is 0.0870. The molecule has 27 heavy (non-hydrogen) atoms. The van der Waals surface area contributed by atoms with E-state index in [1.807, 2.05) is 49.4 Å². The zero-order valence-electron chi connectivity index (χ0n) is 15.3. The Bertz CT molecular complexity index is 1080. The van der Waals surface area contributed by atoms with Gasteiger partial charge < -0.3 is 0 Å². The van der Waals surface area contributed by atoms with Crippen LogP contribution in [0.2, 0.25) is 0 Å². The third-order valence-electron chi connectivity index (χ3n) is 4.30. The Morgan fingerprint density at radius 3 is 1.89 bits per heavy atom. The summed E-state index contributed by atoms with van der Waals surface area (Å²) in [6.07, 6.45) is 2.07. The molecular weight excluding hydrogens is 350 g/mol. The van der Waals surface area contributed by atoms with Gasteiger partial charge in [0.1, 0.15) is 5.82 Å². The lowest BCUT2D eigenvalue weighted by atomic mass is 10.0. The first-order chi connectivity index (χ1) is 13.2. The van der Waals surface area contributed by atoms with Gasteiger partial charge in [0.25, 0.3) is 0 Å². The molecule has 3 aromatic carbocycles. The summed E-state index contributed by atoms with van der Waals surface area (Å²) in [6.45, 7) is 1.91. The van der Waals surface area contributed by atoms with Crippen LogP contribution in [-0.2, 0) is 0 Å². The van der Waals surface area contributed by atoms with Gasteiger partial charge in [0.05, 0.1) is 0 Å². The van der Waals surface area contributed by atoms with Crippen molar-refractivity contribution in [2.45, 2.75) is 11.8 Å². The van der Waals surface area contributed by atoms with Crippen LogP contribution < -0.4 is 0 Å². The predicted molar refractivity (Wildman–Crippen MR) is 113 cm³/mol. The van der Waals surface area contributed by atoms with Gasteiger partial charge >= 0.3 is 0 Å². The molecule has 4 aromatic rings. The van der Waals surface area contributed by atoms with E-state index in [-0.39, 0.29) is 0 Å². The molecule has 0 spiro atoms. The summed E-state index contributed by atoms with van der Waals surface area (Å²) in [5, 5.41) is 0. The van der Waals surface area contributed by atoms with Gasteiger partial charge in [0.15, 0.2) is 11.6 Å². The monoisotopic (exact) mass is 369 g/mol. The van der Waals surface area contributed by atoms with Crippen molar-refractivity contribution in [1.82, 2.24) is 15.0 Å². The summed E-state index contributed by atoms with van der Waals surface area (Å²) < 4.78 is 0. The van der Waals surface area contributed by atoms with Crippen LogP contribution in [0.15, 0.2) is 83.8 Å². The number of thioether (sulfide) groups is 1. The Morgan fingerprint density at radius 1 is 0.593 bits per heavy atom. The number of aryl methyl sites for hydroxylation is 1. The number of hydrogen-bond acceptors (Lipinski definition) is 4. The van der Waals surface area contributed by atoms with Crippen molar-refractivity contribution >= 4 is 11.8 Å².